The van der Waals surface area contributed by atoms with Crippen LogP contribution in [0.1, 0.15) is 10.4 Å². The monoisotopic (exact) mass is 307 g/mol. The van der Waals surface area contributed by atoms with E-state index in [1.165, 1.54) is 0 Å². The third-order valence-corrected chi connectivity index (χ3v) is 3.57. The van der Waals surface area contributed by atoms with Gasteiger partial charge < -0.3 is 5.32 Å². The molecule has 0 aliphatic carbocycles. The SMILES string of the molecule is O=C(Nc1cccc(Cl)c1)c1ccccc1-c1ccccc1. The Bertz CT molecular complexity index is 799. The predicted octanol–water partition coefficient (Wildman–Crippen LogP) is 5.26. The van der Waals surface area contributed by atoms with E-state index in [0.29, 0.717) is 16.3 Å². The van der Waals surface area contributed by atoms with Crippen molar-refractivity contribution in [2.45, 2.75) is 0 Å². The third kappa shape index (κ3) is 3.18. The van der Waals surface area contributed by atoms with Gasteiger partial charge in [0.25, 0.3) is 5.91 Å². The van der Waals surface area contributed by atoms with Crippen molar-refractivity contribution in [3.8, 4) is 11.1 Å². The molecule has 0 aliphatic heterocycles. The molecule has 0 unspecified atom stereocenters. The largest absolute Gasteiger partial charge is 0.322 e. The van der Waals surface area contributed by atoms with Crippen LogP contribution in [0.4, 0.5) is 5.69 Å². The van der Waals surface area contributed by atoms with Crippen molar-refractivity contribution in [3.63, 3.8) is 0 Å². The summed E-state index contributed by atoms with van der Waals surface area (Å²) >= 11 is 5.95. The summed E-state index contributed by atoms with van der Waals surface area (Å²) < 4.78 is 0. The Morgan fingerprint density at radius 3 is 2.32 bits per heavy atom. The molecule has 22 heavy (non-hydrogen) atoms. The first-order chi connectivity index (χ1) is 10.7. The Balaban J connectivity index is 1.93. The van der Waals surface area contributed by atoms with Crippen molar-refractivity contribution in [3.05, 3.63) is 89.4 Å². The zero-order valence-corrected chi connectivity index (χ0v) is 12.5. The van der Waals surface area contributed by atoms with E-state index < -0.39 is 0 Å². The van der Waals surface area contributed by atoms with Gasteiger partial charge in [-0.25, -0.2) is 0 Å². The first kappa shape index (κ1) is 14.4. The number of carbonyl (C=O) groups excluding carboxylic acids is 1. The maximum atomic E-state index is 12.6. The molecule has 0 saturated heterocycles. The number of rotatable bonds is 3. The molecule has 0 aromatic heterocycles. The van der Waals surface area contributed by atoms with E-state index in [4.69, 9.17) is 11.6 Å². The van der Waals surface area contributed by atoms with E-state index in [9.17, 15) is 4.79 Å². The minimum atomic E-state index is -0.151. The average molecular weight is 308 g/mol. The molecule has 3 aromatic carbocycles. The molecule has 0 spiro atoms. The van der Waals surface area contributed by atoms with Crippen LogP contribution in [0.3, 0.4) is 0 Å². The Labute approximate surface area is 134 Å². The van der Waals surface area contributed by atoms with Crippen LogP contribution < -0.4 is 5.32 Å². The molecular formula is C19H14ClNO. The fraction of sp³-hybridized carbons (Fsp3) is 0. The second kappa shape index (κ2) is 6.46. The van der Waals surface area contributed by atoms with Gasteiger partial charge >= 0.3 is 0 Å². The first-order valence-corrected chi connectivity index (χ1v) is 7.33. The smallest absolute Gasteiger partial charge is 0.256 e. The molecule has 0 fully saturated rings. The molecule has 2 nitrogen and oxygen atoms in total. The topological polar surface area (TPSA) is 29.1 Å². The summed E-state index contributed by atoms with van der Waals surface area (Å²) in [5.74, 6) is -0.151. The molecule has 3 heteroatoms. The number of hydrogen-bond donors (Lipinski definition) is 1. The van der Waals surface area contributed by atoms with E-state index in [2.05, 4.69) is 5.32 Å². The van der Waals surface area contributed by atoms with Crippen molar-refractivity contribution in [1.82, 2.24) is 0 Å². The van der Waals surface area contributed by atoms with Crippen LogP contribution in [0.25, 0.3) is 11.1 Å². The molecule has 0 aliphatic rings. The van der Waals surface area contributed by atoms with Crippen LogP contribution in [0.5, 0.6) is 0 Å². The fourth-order valence-electron chi connectivity index (χ4n) is 2.32. The number of nitrogens with one attached hydrogen (secondary N) is 1. The lowest BCUT2D eigenvalue weighted by molar-refractivity contribution is 0.102. The first-order valence-electron chi connectivity index (χ1n) is 6.95. The highest BCUT2D eigenvalue weighted by Crippen LogP contribution is 2.24. The Hall–Kier alpha value is -2.58. The van der Waals surface area contributed by atoms with Gasteiger partial charge in [-0.05, 0) is 35.4 Å². The number of halogens is 1. The normalized spacial score (nSPS) is 10.2. The van der Waals surface area contributed by atoms with E-state index in [0.717, 1.165) is 11.1 Å². The molecule has 0 bridgehead atoms. The lowest BCUT2D eigenvalue weighted by atomic mass is 9.99. The van der Waals surface area contributed by atoms with Crippen LogP contribution >= 0.6 is 11.6 Å². The summed E-state index contributed by atoms with van der Waals surface area (Å²) in [6.07, 6.45) is 0. The zero-order valence-electron chi connectivity index (χ0n) is 11.8. The molecule has 0 atom stereocenters. The average Bonchev–Trinajstić information content (AvgIpc) is 2.56. The summed E-state index contributed by atoms with van der Waals surface area (Å²) in [5, 5.41) is 3.48. The molecule has 3 aromatic rings. The summed E-state index contributed by atoms with van der Waals surface area (Å²) in [6.45, 7) is 0. The maximum absolute atomic E-state index is 12.6. The van der Waals surface area contributed by atoms with E-state index in [-0.39, 0.29) is 5.91 Å². The van der Waals surface area contributed by atoms with Gasteiger partial charge in [0, 0.05) is 16.3 Å². The third-order valence-electron chi connectivity index (χ3n) is 3.34. The van der Waals surface area contributed by atoms with Crippen LogP contribution in [-0.2, 0) is 0 Å². The van der Waals surface area contributed by atoms with Gasteiger partial charge in [-0.1, -0.05) is 66.2 Å². The lowest BCUT2D eigenvalue weighted by Gasteiger charge is -2.10. The van der Waals surface area contributed by atoms with Crippen LogP contribution in [-0.4, -0.2) is 5.91 Å². The molecular weight excluding hydrogens is 294 g/mol. The van der Waals surface area contributed by atoms with Crippen molar-refractivity contribution < 1.29 is 4.79 Å². The number of anilines is 1. The number of carbonyl (C=O) groups is 1. The minimum Gasteiger partial charge on any atom is -0.322 e. The van der Waals surface area contributed by atoms with Gasteiger partial charge in [0.05, 0.1) is 0 Å². The summed E-state index contributed by atoms with van der Waals surface area (Å²) in [6, 6.07) is 24.5. The molecule has 1 amide bonds. The van der Waals surface area contributed by atoms with Crippen LogP contribution in [0.15, 0.2) is 78.9 Å². The number of amides is 1. The van der Waals surface area contributed by atoms with Gasteiger partial charge in [-0.15, -0.1) is 0 Å². The van der Waals surface area contributed by atoms with Gasteiger partial charge in [0.1, 0.15) is 0 Å². The van der Waals surface area contributed by atoms with Crippen molar-refractivity contribution in [2.24, 2.45) is 0 Å². The maximum Gasteiger partial charge on any atom is 0.256 e. The number of benzene rings is 3. The summed E-state index contributed by atoms with van der Waals surface area (Å²) in [4.78, 5) is 12.6. The molecule has 0 saturated carbocycles. The fourth-order valence-corrected chi connectivity index (χ4v) is 2.51. The quantitative estimate of drug-likeness (QED) is 0.702. The predicted molar refractivity (Wildman–Crippen MR) is 91.3 cm³/mol. The molecule has 108 valence electrons. The van der Waals surface area contributed by atoms with Gasteiger partial charge in [-0.2, -0.15) is 0 Å². The highest BCUT2D eigenvalue weighted by atomic mass is 35.5. The van der Waals surface area contributed by atoms with Crippen molar-refractivity contribution >= 4 is 23.2 Å². The Morgan fingerprint density at radius 1 is 0.818 bits per heavy atom. The van der Waals surface area contributed by atoms with Crippen molar-refractivity contribution in [2.75, 3.05) is 5.32 Å². The van der Waals surface area contributed by atoms with Gasteiger partial charge in [-0.3, -0.25) is 4.79 Å². The second-order valence-corrected chi connectivity index (χ2v) is 5.31. The standard InChI is InChI=1S/C19H14ClNO/c20-15-9-6-10-16(13-15)21-19(22)18-12-5-4-11-17(18)14-7-2-1-3-8-14/h1-13H,(H,21,22). The Kier molecular flexibility index (Phi) is 4.22. The van der Waals surface area contributed by atoms with E-state index in [1.54, 1.807) is 18.2 Å². The van der Waals surface area contributed by atoms with Gasteiger partial charge in [0.15, 0.2) is 0 Å². The van der Waals surface area contributed by atoms with Crippen LogP contribution in [0.2, 0.25) is 5.02 Å². The molecule has 3 rings (SSSR count). The van der Waals surface area contributed by atoms with Gasteiger partial charge in [0.2, 0.25) is 0 Å². The summed E-state index contributed by atoms with van der Waals surface area (Å²) in [5.41, 5.74) is 3.23. The van der Waals surface area contributed by atoms with E-state index >= 15 is 0 Å². The summed E-state index contributed by atoms with van der Waals surface area (Å²) in [7, 11) is 0. The molecule has 1 N–H and O–H groups in total. The zero-order chi connectivity index (χ0) is 15.4. The van der Waals surface area contributed by atoms with Crippen LogP contribution in [0, 0.1) is 0 Å². The molecule has 0 radical (unpaired) electrons. The lowest BCUT2D eigenvalue weighted by Crippen LogP contribution is -2.13. The molecule has 0 heterocycles. The minimum absolute atomic E-state index is 0.151. The van der Waals surface area contributed by atoms with Crippen molar-refractivity contribution in [1.29, 1.82) is 0 Å². The number of hydrogen-bond acceptors (Lipinski definition) is 1. The van der Waals surface area contributed by atoms with E-state index in [1.807, 2.05) is 60.7 Å². The Morgan fingerprint density at radius 2 is 1.55 bits per heavy atom. The highest BCUT2D eigenvalue weighted by Gasteiger charge is 2.12. The second-order valence-electron chi connectivity index (χ2n) is 4.88. The highest BCUT2D eigenvalue weighted by molar-refractivity contribution is 6.31.